The quantitative estimate of drug-likeness (QED) is 0.316. The van der Waals surface area contributed by atoms with Gasteiger partial charge in [0.15, 0.2) is 6.17 Å². The minimum atomic E-state index is -4.50. The second kappa shape index (κ2) is 9.62. The summed E-state index contributed by atoms with van der Waals surface area (Å²) in [4.78, 5) is 0. The van der Waals surface area contributed by atoms with Gasteiger partial charge in [-0.3, -0.25) is 0 Å². The van der Waals surface area contributed by atoms with Gasteiger partial charge in [0.05, 0.1) is 11.7 Å². The molecule has 1 nitrogen and oxygen atoms in total. The standard InChI is InChI=1S/C30H31F5O/c1-17(2)23-14-20-15-29(3,4)16-24(36-5)25(20)26(18-8-12-22(31)13-9-18)27(23)28(32)19-6-10-21(11-7-19)30(33,34)35/h6-14,17,24,28H,15-16H2,1-5H3. The van der Waals surface area contributed by atoms with Crippen LogP contribution in [0.3, 0.4) is 0 Å². The summed E-state index contributed by atoms with van der Waals surface area (Å²) in [5.74, 6) is -0.457. The van der Waals surface area contributed by atoms with Gasteiger partial charge < -0.3 is 4.74 Å². The van der Waals surface area contributed by atoms with Gasteiger partial charge in [0.25, 0.3) is 0 Å². The SMILES string of the molecule is COC1CC(C)(C)Cc2cc(C(C)C)c(C(F)c3ccc(C(F)(F)F)cc3)c(-c3ccc(F)cc3)c21. The number of hydrogen-bond acceptors (Lipinski definition) is 1. The van der Waals surface area contributed by atoms with Crippen LogP contribution in [0, 0.1) is 11.2 Å². The molecule has 0 spiro atoms. The summed E-state index contributed by atoms with van der Waals surface area (Å²) in [6.07, 6.45) is -4.99. The number of benzene rings is 3. The molecule has 0 amide bonds. The van der Waals surface area contributed by atoms with Crippen molar-refractivity contribution in [2.75, 3.05) is 7.11 Å². The first-order valence-electron chi connectivity index (χ1n) is 12.1. The molecule has 0 N–H and O–H groups in total. The fraction of sp³-hybridized carbons (Fsp3) is 0.400. The highest BCUT2D eigenvalue weighted by Gasteiger charge is 2.38. The number of hydrogen-bond donors (Lipinski definition) is 0. The van der Waals surface area contributed by atoms with Crippen LogP contribution < -0.4 is 0 Å². The molecular weight excluding hydrogens is 471 g/mol. The topological polar surface area (TPSA) is 9.23 Å². The van der Waals surface area contributed by atoms with Gasteiger partial charge in [0.1, 0.15) is 5.82 Å². The largest absolute Gasteiger partial charge is 0.416 e. The van der Waals surface area contributed by atoms with Crippen molar-refractivity contribution in [3.05, 3.63) is 93.8 Å². The van der Waals surface area contributed by atoms with Crippen LogP contribution in [0.1, 0.15) is 85.7 Å². The lowest BCUT2D eigenvalue weighted by molar-refractivity contribution is -0.137. The Morgan fingerprint density at radius 3 is 2.11 bits per heavy atom. The Labute approximate surface area is 209 Å². The van der Waals surface area contributed by atoms with Crippen LogP contribution in [0.25, 0.3) is 11.1 Å². The molecule has 0 saturated carbocycles. The molecule has 1 aliphatic rings. The first-order chi connectivity index (χ1) is 16.8. The summed E-state index contributed by atoms with van der Waals surface area (Å²) in [6, 6.07) is 12.2. The predicted octanol–water partition coefficient (Wildman–Crippen LogP) is 9.35. The molecule has 0 heterocycles. The van der Waals surface area contributed by atoms with Crippen LogP contribution in [-0.4, -0.2) is 7.11 Å². The van der Waals surface area contributed by atoms with Crippen LogP contribution in [0.4, 0.5) is 22.0 Å². The fourth-order valence-electron chi connectivity index (χ4n) is 5.39. The molecule has 0 radical (unpaired) electrons. The van der Waals surface area contributed by atoms with E-state index in [1.807, 2.05) is 19.9 Å². The Morgan fingerprint density at radius 2 is 1.58 bits per heavy atom. The summed E-state index contributed by atoms with van der Waals surface area (Å²) >= 11 is 0. The second-order valence-corrected chi connectivity index (χ2v) is 10.7. The predicted molar refractivity (Wildman–Crippen MR) is 132 cm³/mol. The average molecular weight is 503 g/mol. The van der Waals surface area contributed by atoms with Crippen LogP contribution >= 0.6 is 0 Å². The molecule has 0 fully saturated rings. The molecule has 0 saturated heterocycles. The Hall–Kier alpha value is -2.73. The molecule has 2 atom stereocenters. The lowest BCUT2D eigenvalue weighted by Gasteiger charge is -2.39. The number of rotatable bonds is 5. The van der Waals surface area contributed by atoms with E-state index in [4.69, 9.17) is 4.74 Å². The van der Waals surface area contributed by atoms with E-state index in [0.29, 0.717) is 16.7 Å². The molecular formula is C30H31F5O. The van der Waals surface area contributed by atoms with Gasteiger partial charge in [-0.15, -0.1) is 0 Å². The fourth-order valence-corrected chi connectivity index (χ4v) is 5.39. The third-order valence-corrected chi connectivity index (χ3v) is 7.08. The van der Waals surface area contributed by atoms with Gasteiger partial charge in [0.2, 0.25) is 0 Å². The minimum Gasteiger partial charge on any atom is -0.377 e. The Morgan fingerprint density at radius 1 is 0.972 bits per heavy atom. The zero-order valence-corrected chi connectivity index (χ0v) is 21.1. The monoisotopic (exact) mass is 502 g/mol. The maximum atomic E-state index is 16.5. The molecule has 4 rings (SSSR count). The number of ether oxygens (including phenoxy) is 1. The number of fused-ring (bicyclic) bond motifs is 1. The van der Waals surface area contributed by atoms with Gasteiger partial charge in [-0.1, -0.05) is 58.0 Å². The maximum absolute atomic E-state index is 16.5. The third kappa shape index (κ3) is 5.06. The highest BCUT2D eigenvalue weighted by molar-refractivity contribution is 5.76. The lowest BCUT2D eigenvalue weighted by atomic mass is 9.68. The van der Waals surface area contributed by atoms with Gasteiger partial charge in [-0.2, -0.15) is 13.2 Å². The number of alkyl halides is 4. The van der Waals surface area contributed by atoms with Crippen molar-refractivity contribution in [2.24, 2.45) is 5.41 Å². The Balaban J connectivity index is 2.02. The smallest absolute Gasteiger partial charge is 0.377 e. The molecule has 3 aromatic carbocycles. The Kier molecular flexibility index (Phi) is 7.04. The van der Waals surface area contributed by atoms with Crippen molar-refractivity contribution < 1.29 is 26.7 Å². The van der Waals surface area contributed by atoms with E-state index in [0.717, 1.165) is 41.7 Å². The van der Waals surface area contributed by atoms with Crippen LogP contribution in [-0.2, 0) is 17.3 Å². The van der Waals surface area contributed by atoms with E-state index in [2.05, 4.69) is 13.8 Å². The first kappa shape index (κ1) is 26.3. The van der Waals surface area contributed by atoms with E-state index in [-0.39, 0.29) is 23.0 Å². The number of halogens is 5. The van der Waals surface area contributed by atoms with Gasteiger partial charge in [0, 0.05) is 12.7 Å². The van der Waals surface area contributed by atoms with Crippen LogP contribution in [0.15, 0.2) is 54.6 Å². The lowest BCUT2D eigenvalue weighted by Crippen LogP contribution is -2.28. The zero-order valence-electron chi connectivity index (χ0n) is 21.1. The normalized spacial score (nSPS) is 18.2. The summed E-state index contributed by atoms with van der Waals surface area (Å²) < 4.78 is 75.7. The molecule has 36 heavy (non-hydrogen) atoms. The summed E-state index contributed by atoms with van der Waals surface area (Å²) in [5.41, 5.74) is 3.69. The van der Waals surface area contributed by atoms with E-state index >= 15 is 4.39 Å². The van der Waals surface area contributed by atoms with Crippen molar-refractivity contribution in [3.63, 3.8) is 0 Å². The van der Waals surface area contributed by atoms with Crippen molar-refractivity contribution in [1.29, 1.82) is 0 Å². The van der Waals surface area contributed by atoms with Gasteiger partial charge in [-0.25, -0.2) is 8.78 Å². The molecule has 6 heteroatoms. The molecule has 1 aliphatic carbocycles. The molecule has 2 unspecified atom stereocenters. The van der Waals surface area contributed by atoms with Crippen LogP contribution in [0.2, 0.25) is 0 Å². The minimum absolute atomic E-state index is 0.0357. The first-order valence-corrected chi connectivity index (χ1v) is 12.1. The van der Waals surface area contributed by atoms with Crippen molar-refractivity contribution >= 4 is 0 Å². The highest BCUT2D eigenvalue weighted by Crippen LogP contribution is 2.51. The van der Waals surface area contributed by atoms with E-state index < -0.39 is 23.7 Å². The average Bonchev–Trinajstić information content (AvgIpc) is 2.81. The molecule has 0 aromatic heterocycles. The highest BCUT2D eigenvalue weighted by atomic mass is 19.4. The van der Waals surface area contributed by atoms with Crippen molar-refractivity contribution in [2.45, 2.75) is 64.9 Å². The van der Waals surface area contributed by atoms with E-state index in [9.17, 15) is 17.6 Å². The number of methoxy groups -OCH3 is 1. The molecule has 192 valence electrons. The molecule has 0 bridgehead atoms. The summed E-state index contributed by atoms with van der Waals surface area (Å²) in [6.45, 7) is 8.28. The van der Waals surface area contributed by atoms with Crippen molar-refractivity contribution in [3.8, 4) is 11.1 Å². The Bertz CT molecular complexity index is 1220. The van der Waals surface area contributed by atoms with Gasteiger partial charge in [-0.05, 0) is 81.8 Å². The summed E-state index contributed by atoms with van der Waals surface area (Å²) in [7, 11) is 1.63. The van der Waals surface area contributed by atoms with Gasteiger partial charge >= 0.3 is 6.18 Å². The molecule has 0 aliphatic heterocycles. The second-order valence-electron chi connectivity index (χ2n) is 10.7. The third-order valence-electron chi connectivity index (χ3n) is 7.08. The zero-order chi connectivity index (χ0) is 26.4. The van der Waals surface area contributed by atoms with Crippen molar-refractivity contribution in [1.82, 2.24) is 0 Å². The van der Waals surface area contributed by atoms with E-state index in [1.54, 1.807) is 19.2 Å². The maximum Gasteiger partial charge on any atom is 0.416 e. The summed E-state index contributed by atoms with van der Waals surface area (Å²) in [5, 5.41) is 0. The molecule has 3 aromatic rings. The van der Waals surface area contributed by atoms with E-state index in [1.165, 1.54) is 24.3 Å². The van der Waals surface area contributed by atoms with Crippen LogP contribution in [0.5, 0.6) is 0 Å².